The Morgan fingerprint density at radius 1 is 0.625 bits per heavy atom. The molecule has 0 spiro atoms. The van der Waals surface area contributed by atoms with Gasteiger partial charge >= 0.3 is 0 Å². The second-order valence-corrected chi connectivity index (χ2v) is 10.4. The summed E-state index contributed by atoms with van der Waals surface area (Å²) in [5.74, 6) is 0. The molecular formula is C38H30N2. The number of anilines is 2. The zero-order valence-electron chi connectivity index (χ0n) is 22.8. The molecule has 0 saturated carbocycles. The number of nitrogens with zero attached hydrogens (tertiary/aromatic N) is 2. The molecule has 7 aromatic rings. The summed E-state index contributed by atoms with van der Waals surface area (Å²) in [5.41, 5.74) is 6.99. The van der Waals surface area contributed by atoms with Gasteiger partial charge in [0.25, 0.3) is 0 Å². The van der Waals surface area contributed by atoms with Crippen molar-refractivity contribution in [2.75, 3.05) is 11.9 Å². The maximum atomic E-state index is 4.58. The first kappa shape index (κ1) is 24.0. The van der Waals surface area contributed by atoms with Crippen LogP contribution in [-0.2, 0) is 0 Å². The van der Waals surface area contributed by atoms with Crippen LogP contribution in [-0.4, -0.2) is 11.6 Å². The quantitative estimate of drug-likeness (QED) is 0.214. The molecule has 2 heteroatoms. The van der Waals surface area contributed by atoms with E-state index >= 15 is 0 Å². The van der Waals surface area contributed by atoms with Crippen LogP contribution in [0, 0.1) is 0 Å². The summed E-state index contributed by atoms with van der Waals surface area (Å²) >= 11 is 0. The minimum Gasteiger partial charge on any atom is -0.344 e. The molecule has 0 unspecified atom stereocenters. The summed E-state index contributed by atoms with van der Waals surface area (Å²) in [5, 5.41) is 8.42. The maximum Gasteiger partial charge on any atom is 0.0571 e. The topological polar surface area (TPSA) is 8.17 Å². The fraction of sp³-hybridized carbons (Fsp3) is 0.0526. The van der Waals surface area contributed by atoms with Crippen LogP contribution in [0.15, 0.2) is 133 Å². The van der Waals surface area contributed by atoms with E-state index in [1.807, 2.05) is 0 Å². The van der Waals surface area contributed by atoms with Gasteiger partial charge in [0, 0.05) is 40.3 Å². The van der Waals surface area contributed by atoms with Crippen molar-refractivity contribution >= 4 is 56.0 Å². The second kappa shape index (κ2) is 9.59. The van der Waals surface area contributed by atoms with Crippen LogP contribution in [0.25, 0.3) is 50.3 Å². The molecule has 2 nitrogen and oxygen atoms in total. The molecule has 0 atom stereocenters. The van der Waals surface area contributed by atoms with Gasteiger partial charge in [0.1, 0.15) is 0 Å². The molecule has 0 radical (unpaired) electrons. The van der Waals surface area contributed by atoms with Gasteiger partial charge in [0.2, 0.25) is 0 Å². The van der Waals surface area contributed by atoms with E-state index in [0.29, 0.717) is 0 Å². The zero-order chi connectivity index (χ0) is 27.2. The molecule has 6 aromatic carbocycles. The van der Waals surface area contributed by atoms with E-state index in [1.54, 1.807) is 0 Å². The third kappa shape index (κ3) is 3.80. The normalized spacial score (nSPS) is 12.2. The SMILES string of the molecule is C=c1/c(=C(\C)c2ccccc2N(C)c2ccc3ccc4ccccc4c3c2)n(-c2ccccc2)c2ccccc12. The lowest BCUT2D eigenvalue weighted by atomic mass is 10.00. The number of hydrogen-bond donors (Lipinski definition) is 0. The molecule has 7 rings (SSSR count). The molecule has 0 amide bonds. The Morgan fingerprint density at radius 3 is 2.08 bits per heavy atom. The smallest absolute Gasteiger partial charge is 0.0571 e. The highest BCUT2D eigenvalue weighted by Gasteiger charge is 2.16. The van der Waals surface area contributed by atoms with Gasteiger partial charge in [-0.2, -0.15) is 0 Å². The molecule has 0 aliphatic carbocycles. The lowest BCUT2D eigenvalue weighted by Crippen LogP contribution is -2.30. The predicted octanol–water partition coefficient (Wildman–Crippen LogP) is 8.33. The first-order chi connectivity index (χ1) is 19.6. The summed E-state index contributed by atoms with van der Waals surface area (Å²) in [6.45, 7) is 6.81. The van der Waals surface area contributed by atoms with Crippen molar-refractivity contribution in [3.63, 3.8) is 0 Å². The number of benzene rings is 6. The Bertz CT molecular complexity index is 2150. The molecule has 1 aromatic heterocycles. The van der Waals surface area contributed by atoms with Crippen molar-refractivity contribution in [1.82, 2.24) is 4.57 Å². The van der Waals surface area contributed by atoms with Crippen LogP contribution >= 0.6 is 0 Å². The van der Waals surface area contributed by atoms with Crippen LogP contribution in [0.2, 0.25) is 0 Å². The fourth-order valence-electron chi connectivity index (χ4n) is 6.09. The van der Waals surface area contributed by atoms with E-state index in [9.17, 15) is 0 Å². The highest BCUT2D eigenvalue weighted by molar-refractivity contribution is 6.08. The molecule has 0 fully saturated rings. The monoisotopic (exact) mass is 514 g/mol. The van der Waals surface area contributed by atoms with E-state index in [2.05, 4.69) is 163 Å². The molecule has 0 aliphatic rings. The standard InChI is InChI=1S/C38H30N2/c1-26(38-27(2)33-17-10-12-20-37(33)40(38)30-14-5-4-6-15-30)32-16-9-11-19-36(32)39(3)31-24-23-29-22-21-28-13-7-8-18-34(28)35(29)25-31/h4-25H,2H2,1,3H3/b38-26-. The number of para-hydroxylation sites is 3. The van der Waals surface area contributed by atoms with Crippen LogP contribution in [0.3, 0.4) is 0 Å². The molecule has 0 N–H and O–H groups in total. The Balaban J connectivity index is 1.46. The molecule has 40 heavy (non-hydrogen) atoms. The van der Waals surface area contributed by atoms with Gasteiger partial charge in [0.05, 0.1) is 10.9 Å². The highest BCUT2D eigenvalue weighted by atomic mass is 15.1. The van der Waals surface area contributed by atoms with Gasteiger partial charge in [-0.25, -0.2) is 0 Å². The summed E-state index contributed by atoms with van der Waals surface area (Å²) in [6.07, 6.45) is 0. The van der Waals surface area contributed by atoms with Crippen molar-refractivity contribution in [2.24, 2.45) is 0 Å². The summed E-state index contributed by atoms with van der Waals surface area (Å²) in [6, 6.07) is 47.6. The van der Waals surface area contributed by atoms with Crippen LogP contribution in [0.5, 0.6) is 0 Å². The van der Waals surface area contributed by atoms with Crippen molar-refractivity contribution < 1.29 is 0 Å². The van der Waals surface area contributed by atoms with Gasteiger partial charge in [-0.1, -0.05) is 104 Å². The van der Waals surface area contributed by atoms with Gasteiger partial charge in [-0.3, -0.25) is 0 Å². The molecule has 1 heterocycles. The number of aromatic nitrogens is 1. The third-order valence-corrected chi connectivity index (χ3v) is 8.14. The average molecular weight is 515 g/mol. The molecular weight excluding hydrogens is 484 g/mol. The van der Waals surface area contributed by atoms with Crippen molar-refractivity contribution in [2.45, 2.75) is 6.92 Å². The molecule has 0 bridgehead atoms. The van der Waals surface area contributed by atoms with Gasteiger partial charge < -0.3 is 9.47 Å². The lowest BCUT2D eigenvalue weighted by Gasteiger charge is -2.24. The molecule has 0 aliphatic heterocycles. The van der Waals surface area contributed by atoms with E-state index in [4.69, 9.17) is 0 Å². The number of hydrogen-bond acceptors (Lipinski definition) is 1. The highest BCUT2D eigenvalue weighted by Crippen LogP contribution is 2.34. The van der Waals surface area contributed by atoms with Crippen LogP contribution < -0.4 is 15.5 Å². The van der Waals surface area contributed by atoms with Gasteiger partial charge in [0.15, 0.2) is 0 Å². The van der Waals surface area contributed by atoms with Gasteiger partial charge in [-0.05, 0) is 70.4 Å². The summed E-state index contributed by atoms with van der Waals surface area (Å²) in [4.78, 5) is 2.30. The number of rotatable bonds is 4. The zero-order valence-corrected chi connectivity index (χ0v) is 22.8. The van der Waals surface area contributed by atoms with E-state index < -0.39 is 0 Å². The second-order valence-electron chi connectivity index (χ2n) is 10.4. The Kier molecular flexibility index (Phi) is 5.75. The molecule has 192 valence electrons. The minimum absolute atomic E-state index is 1.05. The summed E-state index contributed by atoms with van der Waals surface area (Å²) in [7, 11) is 2.16. The van der Waals surface area contributed by atoms with Crippen molar-refractivity contribution in [3.05, 3.63) is 150 Å². The third-order valence-electron chi connectivity index (χ3n) is 8.14. The van der Waals surface area contributed by atoms with Crippen LogP contribution in [0.4, 0.5) is 11.4 Å². The van der Waals surface area contributed by atoms with Gasteiger partial charge in [-0.15, -0.1) is 0 Å². The largest absolute Gasteiger partial charge is 0.344 e. The van der Waals surface area contributed by atoms with E-state index in [-0.39, 0.29) is 0 Å². The van der Waals surface area contributed by atoms with Crippen molar-refractivity contribution in [3.8, 4) is 5.69 Å². The Hall–Kier alpha value is -5.08. The Labute approximate surface area is 234 Å². The first-order valence-corrected chi connectivity index (χ1v) is 13.7. The predicted molar refractivity (Wildman–Crippen MR) is 172 cm³/mol. The fourth-order valence-corrected chi connectivity index (χ4v) is 6.09. The maximum absolute atomic E-state index is 4.58. The average Bonchev–Trinajstić information content (AvgIpc) is 3.32. The van der Waals surface area contributed by atoms with Crippen LogP contribution in [0.1, 0.15) is 12.5 Å². The molecule has 0 saturated heterocycles. The van der Waals surface area contributed by atoms with E-state index in [1.165, 1.54) is 43.6 Å². The number of fused-ring (bicyclic) bond motifs is 4. The van der Waals surface area contributed by atoms with Crippen molar-refractivity contribution in [1.29, 1.82) is 0 Å². The minimum atomic E-state index is 1.05. The summed E-state index contributed by atoms with van der Waals surface area (Å²) < 4.78 is 2.35. The van der Waals surface area contributed by atoms with E-state index in [0.717, 1.165) is 27.6 Å². The Morgan fingerprint density at radius 2 is 1.25 bits per heavy atom. The lowest BCUT2D eigenvalue weighted by molar-refractivity contribution is 1.06. The first-order valence-electron chi connectivity index (χ1n) is 13.7.